The van der Waals surface area contributed by atoms with Gasteiger partial charge in [0.2, 0.25) is 0 Å². The maximum Gasteiger partial charge on any atom is 0.472 e. The fraction of sp³-hybridized carbons (Fsp3) is 0.935. The Kier molecular flexibility index (Phi) is 54.6. The summed E-state index contributed by atoms with van der Waals surface area (Å²) in [6.45, 7) is 7.12. The van der Waals surface area contributed by atoms with Gasteiger partial charge in [-0.3, -0.25) is 37.3 Å². The van der Waals surface area contributed by atoms with Crippen LogP contribution in [0.4, 0.5) is 0 Å². The van der Waals surface area contributed by atoms with Crippen molar-refractivity contribution in [3.63, 3.8) is 0 Å². The second-order valence-electron chi connectivity index (χ2n) is 22.9. The van der Waals surface area contributed by atoms with Gasteiger partial charge in [-0.1, -0.05) is 259 Å². The van der Waals surface area contributed by atoms with Crippen LogP contribution < -0.4 is 0 Å². The quantitative estimate of drug-likeness (QED) is 0.0222. The molecule has 0 aliphatic heterocycles. The summed E-state index contributed by atoms with van der Waals surface area (Å²) in [5.74, 6) is -1.42. The Bertz CT molecular complexity index is 1580. The zero-order valence-corrected chi connectivity index (χ0v) is 53.7. The van der Waals surface area contributed by atoms with Crippen LogP contribution in [0.25, 0.3) is 0 Å². The third kappa shape index (κ3) is 56.9. The number of carbonyl (C=O) groups is 4. The van der Waals surface area contributed by atoms with E-state index in [1.807, 2.05) is 0 Å². The standard InChI is InChI=1S/C62H120O17P2/c1-6-9-12-15-18-21-24-30-35-40-45-59(64)72-51-57(78-61(66)47-42-37-32-26-23-20-17-14-11-8-3)53-76-80(68,69)74-49-56(63)50-75-81(70,71)77-54-58(52-73-60(65)46-41-36-31-25-22-19-16-13-10-7-2)79-62(67)48-43-38-33-28-27-29-34-39-44-55(4)5/h55-58,63H,6-54H2,1-5H3,(H,68,69)(H,70,71)/t56-,57+,58+/m0/s1. The lowest BCUT2D eigenvalue weighted by Gasteiger charge is -2.21. The van der Waals surface area contributed by atoms with E-state index in [0.29, 0.717) is 25.7 Å². The summed E-state index contributed by atoms with van der Waals surface area (Å²) >= 11 is 0. The number of phosphoric ester groups is 2. The average Bonchev–Trinajstić information content (AvgIpc) is 3.43. The van der Waals surface area contributed by atoms with Crippen LogP contribution in [0.1, 0.15) is 311 Å². The maximum atomic E-state index is 12.9. The van der Waals surface area contributed by atoms with E-state index < -0.39 is 97.5 Å². The Morgan fingerprint density at radius 3 is 0.840 bits per heavy atom. The van der Waals surface area contributed by atoms with Gasteiger partial charge in [-0.2, -0.15) is 0 Å². The molecule has 5 atom stereocenters. The largest absolute Gasteiger partial charge is 0.472 e. The minimum atomic E-state index is -4.94. The van der Waals surface area contributed by atoms with Crippen molar-refractivity contribution in [2.45, 2.75) is 329 Å². The molecule has 0 bridgehead atoms. The molecular weight excluding hydrogens is 1080 g/mol. The van der Waals surface area contributed by atoms with Crippen LogP contribution in [0.15, 0.2) is 0 Å². The topological polar surface area (TPSA) is 237 Å². The first-order chi connectivity index (χ1) is 39.0. The zero-order chi connectivity index (χ0) is 59.9. The molecule has 0 saturated heterocycles. The monoisotopic (exact) mass is 1200 g/mol. The third-order valence-corrected chi connectivity index (χ3v) is 16.2. The van der Waals surface area contributed by atoms with Crippen molar-refractivity contribution in [2.24, 2.45) is 5.92 Å². The van der Waals surface area contributed by atoms with Crippen molar-refractivity contribution >= 4 is 39.5 Å². The number of rotatable bonds is 62. The summed E-state index contributed by atoms with van der Waals surface area (Å²) in [5.41, 5.74) is 0. The van der Waals surface area contributed by atoms with Gasteiger partial charge in [0.05, 0.1) is 26.4 Å². The van der Waals surface area contributed by atoms with Crippen molar-refractivity contribution in [2.75, 3.05) is 39.6 Å². The molecule has 0 aliphatic carbocycles. The van der Waals surface area contributed by atoms with E-state index in [0.717, 1.165) is 95.8 Å². The van der Waals surface area contributed by atoms with Gasteiger partial charge in [0.1, 0.15) is 19.3 Å². The summed E-state index contributed by atoms with van der Waals surface area (Å²) < 4.78 is 67.9. The molecule has 0 saturated carbocycles. The normalized spacial score (nSPS) is 14.3. The van der Waals surface area contributed by atoms with E-state index in [1.54, 1.807) is 0 Å². The SMILES string of the molecule is CCCCCCCCCCCCC(=O)OC[C@H](COP(=O)(O)OC[C@H](O)COP(=O)(O)OC[C@@H](COC(=O)CCCCCCCCCCCC)OC(=O)CCCCCCCCCCC(C)C)OC(=O)CCCCCCCCCCCC. The number of unbranched alkanes of at least 4 members (excludes halogenated alkanes) is 34. The number of aliphatic hydroxyl groups excluding tert-OH is 1. The van der Waals surface area contributed by atoms with E-state index in [-0.39, 0.29) is 25.7 Å². The Balaban J connectivity index is 5.23. The first-order valence-corrected chi connectivity index (χ1v) is 35.6. The number of hydrogen-bond donors (Lipinski definition) is 3. The highest BCUT2D eigenvalue weighted by Gasteiger charge is 2.30. The number of phosphoric acid groups is 2. The predicted octanol–water partition coefficient (Wildman–Crippen LogP) is 17.0. The van der Waals surface area contributed by atoms with Gasteiger partial charge in [0, 0.05) is 25.7 Å². The molecule has 480 valence electrons. The van der Waals surface area contributed by atoms with Crippen LogP contribution in [-0.2, 0) is 65.4 Å². The minimum absolute atomic E-state index is 0.105. The predicted molar refractivity (Wildman–Crippen MR) is 322 cm³/mol. The van der Waals surface area contributed by atoms with Crippen LogP contribution >= 0.6 is 15.6 Å². The molecule has 0 aromatic heterocycles. The van der Waals surface area contributed by atoms with Gasteiger partial charge in [0.15, 0.2) is 12.2 Å². The van der Waals surface area contributed by atoms with Crippen molar-refractivity contribution in [1.29, 1.82) is 0 Å². The molecule has 3 N–H and O–H groups in total. The van der Waals surface area contributed by atoms with Gasteiger partial charge in [0.25, 0.3) is 0 Å². The van der Waals surface area contributed by atoms with Crippen LogP contribution in [0.3, 0.4) is 0 Å². The molecule has 2 unspecified atom stereocenters. The van der Waals surface area contributed by atoms with Crippen molar-refractivity contribution in [3.8, 4) is 0 Å². The lowest BCUT2D eigenvalue weighted by atomic mass is 10.0. The summed E-state index contributed by atoms with van der Waals surface area (Å²) in [5, 5.41) is 10.5. The Morgan fingerprint density at radius 2 is 0.568 bits per heavy atom. The number of carbonyl (C=O) groups excluding carboxylic acids is 4. The van der Waals surface area contributed by atoms with Crippen molar-refractivity contribution in [1.82, 2.24) is 0 Å². The van der Waals surface area contributed by atoms with Crippen molar-refractivity contribution in [3.05, 3.63) is 0 Å². The summed E-state index contributed by atoms with van der Waals surface area (Å²) in [7, 11) is -9.88. The molecule has 19 heteroatoms. The second-order valence-corrected chi connectivity index (χ2v) is 25.8. The Hall–Kier alpha value is -1.94. The van der Waals surface area contributed by atoms with Crippen LogP contribution in [0.5, 0.6) is 0 Å². The van der Waals surface area contributed by atoms with Gasteiger partial charge >= 0.3 is 39.5 Å². The number of aliphatic hydroxyl groups is 1. The average molecular weight is 1200 g/mol. The molecule has 0 aromatic carbocycles. The Labute approximate surface area is 492 Å². The summed E-state index contributed by atoms with van der Waals surface area (Å²) in [4.78, 5) is 72.1. The molecule has 0 fully saturated rings. The molecule has 0 radical (unpaired) electrons. The smallest absolute Gasteiger partial charge is 0.462 e. The van der Waals surface area contributed by atoms with Gasteiger partial charge < -0.3 is 33.8 Å². The first-order valence-electron chi connectivity index (χ1n) is 32.6. The van der Waals surface area contributed by atoms with E-state index >= 15 is 0 Å². The molecule has 81 heavy (non-hydrogen) atoms. The lowest BCUT2D eigenvalue weighted by Crippen LogP contribution is -2.30. The van der Waals surface area contributed by atoms with E-state index in [4.69, 9.17) is 37.0 Å². The first kappa shape index (κ1) is 79.1. The molecule has 0 spiro atoms. The lowest BCUT2D eigenvalue weighted by molar-refractivity contribution is -0.161. The fourth-order valence-corrected chi connectivity index (χ4v) is 10.8. The fourth-order valence-electron chi connectivity index (χ4n) is 9.23. The molecule has 0 heterocycles. The van der Waals surface area contributed by atoms with Gasteiger partial charge in [-0.25, -0.2) is 9.13 Å². The third-order valence-electron chi connectivity index (χ3n) is 14.3. The molecule has 0 amide bonds. The van der Waals surface area contributed by atoms with Gasteiger partial charge in [-0.05, 0) is 31.6 Å². The molecule has 17 nitrogen and oxygen atoms in total. The summed E-state index contributed by atoms with van der Waals surface area (Å²) in [6, 6.07) is 0. The van der Waals surface area contributed by atoms with E-state index in [2.05, 4.69) is 34.6 Å². The highest BCUT2D eigenvalue weighted by molar-refractivity contribution is 7.47. The van der Waals surface area contributed by atoms with E-state index in [1.165, 1.54) is 135 Å². The number of hydrogen-bond acceptors (Lipinski definition) is 15. The van der Waals surface area contributed by atoms with Crippen molar-refractivity contribution < 1.29 is 80.2 Å². The highest BCUT2D eigenvalue weighted by atomic mass is 31.2. The minimum Gasteiger partial charge on any atom is -0.462 e. The maximum absolute atomic E-state index is 12.9. The molecular formula is C62H120O17P2. The van der Waals surface area contributed by atoms with Crippen LogP contribution in [-0.4, -0.2) is 96.7 Å². The van der Waals surface area contributed by atoms with Crippen LogP contribution in [0.2, 0.25) is 0 Å². The molecule has 0 aromatic rings. The summed E-state index contributed by atoms with van der Waals surface area (Å²) in [6.07, 6.45) is 38.9. The van der Waals surface area contributed by atoms with E-state index in [9.17, 15) is 43.2 Å². The number of ether oxygens (including phenoxy) is 4. The molecule has 0 aliphatic rings. The number of esters is 4. The second kappa shape index (κ2) is 55.9. The van der Waals surface area contributed by atoms with Crippen LogP contribution in [0, 0.1) is 5.92 Å². The highest BCUT2D eigenvalue weighted by Crippen LogP contribution is 2.45. The zero-order valence-electron chi connectivity index (χ0n) is 51.9. The van der Waals surface area contributed by atoms with Gasteiger partial charge in [-0.15, -0.1) is 0 Å². The molecule has 0 rings (SSSR count). The Morgan fingerprint density at radius 1 is 0.333 bits per heavy atom.